The molecule has 0 aliphatic heterocycles. The van der Waals surface area contributed by atoms with Gasteiger partial charge in [-0.15, -0.1) is 0 Å². The minimum atomic E-state index is -0.419. The molecule has 4 rings (SSSR count). The van der Waals surface area contributed by atoms with Crippen LogP contribution in [0.2, 0.25) is 0 Å². The molecular formula is C25H29NO2. The second-order valence-corrected chi connectivity index (χ2v) is 7.64. The van der Waals surface area contributed by atoms with Crippen LogP contribution in [0.25, 0.3) is 10.8 Å². The van der Waals surface area contributed by atoms with Crippen LogP contribution >= 0.6 is 0 Å². The molecule has 146 valence electrons. The van der Waals surface area contributed by atoms with E-state index in [1.807, 2.05) is 12.1 Å². The first kappa shape index (κ1) is 19.0. The van der Waals surface area contributed by atoms with Crippen molar-refractivity contribution in [2.75, 3.05) is 19.7 Å². The van der Waals surface area contributed by atoms with Crippen molar-refractivity contribution in [3.63, 3.8) is 0 Å². The Kier molecular flexibility index (Phi) is 5.94. The van der Waals surface area contributed by atoms with Gasteiger partial charge in [-0.3, -0.25) is 4.90 Å². The van der Waals surface area contributed by atoms with E-state index < -0.39 is 6.10 Å². The summed E-state index contributed by atoms with van der Waals surface area (Å²) < 4.78 is 6.06. The molecule has 1 aliphatic carbocycles. The molecule has 3 aromatic rings. The highest BCUT2D eigenvalue weighted by Crippen LogP contribution is 2.33. The summed E-state index contributed by atoms with van der Waals surface area (Å²) in [5.74, 6) is 0.907. The van der Waals surface area contributed by atoms with Crippen LogP contribution in [0, 0.1) is 0 Å². The van der Waals surface area contributed by atoms with Gasteiger partial charge in [0.2, 0.25) is 0 Å². The van der Waals surface area contributed by atoms with Gasteiger partial charge in [0, 0.05) is 12.6 Å². The summed E-state index contributed by atoms with van der Waals surface area (Å²) in [4.78, 5) is 2.40. The van der Waals surface area contributed by atoms with Crippen molar-refractivity contribution in [1.29, 1.82) is 0 Å². The maximum atomic E-state index is 11.0. The predicted octanol–water partition coefficient (Wildman–Crippen LogP) is 4.98. The molecular weight excluding hydrogens is 346 g/mol. The number of fused-ring (bicyclic) bond motifs is 2. The molecule has 3 heteroatoms. The number of ether oxygens (including phenoxy) is 1. The van der Waals surface area contributed by atoms with Crippen LogP contribution in [0.4, 0.5) is 0 Å². The lowest BCUT2D eigenvalue weighted by Crippen LogP contribution is -2.44. The molecule has 0 radical (unpaired) electrons. The molecule has 0 fully saturated rings. The Balaban J connectivity index is 1.41. The maximum absolute atomic E-state index is 11.0. The van der Waals surface area contributed by atoms with Gasteiger partial charge >= 0.3 is 0 Å². The molecule has 2 unspecified atom stereocenters. The van der Waals surface area contributed by atoms with Gasteiger partial charge in [0.05, 0.1) is 6.10 Å². The van der Waals surface area contributed by atoms with Crippen LogP contribution in [-0.4, -0.2) is 35.7 Å². The number of nitrogens with zero attached hydrogens (tertiary/aromatic N) is 1. The lowest BCUT2D eigenvalue weighted by Gasteiger charge is -2.38. The largest absolute Gasteiger partial charge is 0.492 e. The molecule has 0 saturated carbocycles. The van der Waals surface area contributed by atoms with E-state index in [1.165, 1.54) is 16.3 Å². The Morgan fingerprint density at radius 2 is 1.75 bits per heavy atom. The maximum Gasteiger partial charge on any atom is 0.120 e. The van der Waals surface area contributed by atoms with Gasteiger partial charge in [0.15, 0.2) is 0 Å². The van der Waals surface area contributed by atoms with E-state index in [9.17, 15) is 5.11 Å². The molecule has 0 amide bonds. The smallest absolute Gasteiger partial charge is 0.120 e. The van der Waals surface area contributed by atoms with Crippen LogP contribution in [-0.2, 0) is 6.42 Å². The van der Waals surface area contributed by atoms with Crippen molar-refractivity contribution in [3.8, 4) is 5.75 Å². The van der Waals surface area contributed by atoms with Crippen molar-refractivity contribution >= 4 is 10.8 Å². The lowest BCUT2D eigenvalue weighted by molar-refractivity contribution is 0.0292. The molecule has 0 aromatic heterocycles. The van der Waals surface area contributed by atoms with E-state index in [1.54, 1.807) is 0 Å². The summed E-state index contributed by atoms with van der Waals surface area (Å²) in [6.45, 7) is 4.62. The van der Waals surface area contributed by atoms with E-state index in [0.29, 0.717) is 6.61 Å². The summed E-state index contributed by atoms with van der Waals surface area (Å²) in [7, 11) is 0. The minimum absolute atomic E-state index is 0.162. The molecule has 0 bridgehead atoms. The highest BCUT2D eigenvalue weighted by molar-refractivity contribution is 5.83. The van der Waals surface area contributed by atoms with Crippen molar-refractivity contribution in [3.05, 3.63) is 77.9 Å². The topological polar surface area (TPSA) is 32.7 Å². The Morgan fingerprint density at radius 1 is 0.964 bits per heavy atom. The Bertz CT molecular complexity index is 923. The third kappa shape index (κ3) is 4.06. The molecule has 3 aromatic carbocycles. The van der Waals surface area contributed by atoms with E-state index in [4.69, 9.17) is 4.74 Å². The second kappa shape index (κ2) is 8.76. The summed E-state index contributed by atoms with van der Waals surface area (Å²) in [6, 6.07) is 23.0. The number of aliphatic hydroxyl groups excluding tert-OH is 1. The van der Waals surface area contributed by atoms with Crippen LogP contribution in [0.1, 0.15) is 37.0 Å². The molecule has 28 heavy (non-hydrogen) atoms. The van der Waals surface area contributed by atoms with Crippen LogP contribution in [0.3, 0.4) is 0 Å². The SMILES string of the molecule is CCCN(CCOc1ccc2ccccc2c1)C1CCc2ccccc2C1O. The highest BCUT2D eigenvalue weighted by atomic mass is 16.5. The van der Waals surface area contributed by atoms with E-state index in [2.05, 4.69) is 66.4 Å². The number of rotatable bonds is 7. The highest BCUT2D eigenvalue weighted by Gasteiger charge is 2.31. The van der Waals surface area contributed by atoms with Gasteiger partial charge in [0.1, 0.15) is 12.4 Å². The van der Waals surface area contributed by atoms with Gasteiger partial charge in [-0.2, -0.15) is 0 Å². The Morgan fingerprint density at radius 3 is 2.61 bits per heavy atom. The molecule has 3 nitrogen and oxygen atoms in total. The second-order valence-electron chi connectivity index (χ2n) is 7.64. The van der Waals surface area contributed by atoms with Crippen molar-refractivity contribution in [2.24, 2.45) is 0 Å². The molecule has 0 spiro atoms. The normalized spacial score (nSPS) is 19.0. The van der Waals surface area contributed by atoms with E-state index in [-0.39, 0.29) is 6.04 Å². The first-order chi connectivity index (χ1) is 13.8. The number of benzene rings is 3. The summed E-state index contributed by atoms with van der Waals surface area (Å²) in [5, 5.41) is 13.4. The monoisotopic (exact) mass is 375 g/mol. The van der Waals surface area contributed by atoms with Gasteiger partial charge in [-0.1, -0.05) is 61.5 Å². The fourth-order valence-corrected chi connectivity index (χ4v) is 4.37. The van der Waals surface area contributed by atoms with Crippen molar-refractivity contribution in [1.82, 2.24) is 4.90 Å². The zero-order valence-corrected chi connectivity index (χ0v) is 16.6. The van der Waals surface area contributed by atoms with E-state index in [0.717, 1.165) is 43.7 Å². The number of hydrogen-bond donors (Lipinski definition) is 1. The third-order valence-corrected chi connectivity index (χ3v) is 5.80. The van der Waals surface area contributed by atoms with Gasteiger partial charge in [0.25, 0.3) is 0 Å². The number of aryl methyl sites for hydroxylation is 1. The third-order valence-electron chi connectivity index (χ3n) is 5.80. The van der Waals surface area contributed by atoms with Crippen LogP contribution in [0.15, 0.2) is 66.7 Å². The minimum Gasteiger partial charge on any atom is -0.492 e. The fourth-order valence-electron chi connectivity index (χ4n) is 4.37. The van der Waals surface area contributed by atoms with Gasteiger partial charge in [-0.05, 0) is 59.8 Å². The molecule has 1 aliphatic rings. The molecule has 0 saturated heterocycles. The van der Waals surface area contributed by atoms with Gasteiger partial charge < -0.3 is 9.84 Å². The van der Waals surface area contributed by atoms with Crippen molar-refractivity contribution < 1.29 is 9.84 Å². The van der Waals surface area contributed by atoms with Gasteiger partial charge in [-0.25, -0.2) is 0 Å². The predicted molar refractivity (Wildman–Crippen MR) is 115 cm³/mol. The number of aliphatic hydroxyl groups is 1. The first-order valence-electron chi connectivity index (χ1n) is 10.4. The standard InChI is InChI=1S/C25H29NO2/c1-2-15-26(24-14-12-20-8-5-6-10-23(20)25(24)27)16-17-28-22-13-11-19-7-3-4-9-21(19)18-22/h3-11,13,18,24-25,27H,2,12,14-17H2,1H3. The first-order valence-corrected chi connectivity index (χ1v) is 10.4. The zero-order valence-electron chi connectivity index (χ0n) is 16.6. The summed E-state index contributed by atoms with van der Waals surface area (Å²) in [6.07, 6.45) is 2.68. The molecule has 2 atom stereocenters. The molecule has 0 heterocycles. The Hall–Kier alpha value is -2.36. The summed E-state index contributed by atoms with van der Waals surface area (Å²) >= 11 is 0. The lowest BCUT2D eigenvalue weighted by atomic mass is 9.85. The Labute approximate surface area is 167 Å². The van der Waals surface area contributed by atoms with E-state index >= 15 is 0 Å². The molecule has 1 N–H and O–H groups in total. The quantitative estimate of drug-likeness (QED) is 0.632. The number of hydrogen-bond acceptors (Lipinski definition) is 3. The van der Waals surface area contributed by atoms with Crippen LogP contribution in [0.5, 0.6) is 5.75 Å². The summed E-state index contributed by atoms with van der Waals surface area (Å²) in [5.41, 5.74) is 2.38. The average Bonchev–Trinajstić information content (AvgIpc) is 2.74. The fraction of sp³-hybridized carbons (Fsp3) is 0.360. The van der Waals surface area contributed by atoms with Crippen molar-refractivity contribution in [2.45, 2.75) is 38.3 Å². The van der Waals surface area contributed by atoms with Crippen LogP contribution < -0.4 is 4.74 Å². The zero-order chi connectivity index (χ0) is 19.3. The average molecular weight is 376 g/mol.